The molecule has 0 unspecified atom stereocenters. The van der Waals surface area contributed by atoms with Gasteiger partial charge in [-0.05, 0) is 85.3 Å². The lowest BCUT2D eigenvalue weighted by Gasteiger charge is -2.33. The van der Waals surface area contributed by atoms with Gasteiger partial charge in [0, 0.05) is 45.8 Å². The summed E-state index contributed by atoms with van der Waals surface area (Å²) in [6.45, 7) is 7.47. The van der Waals surface area contributed by atoms with Crippen LogP contribution in [0.25, 0.3) is 27.8 Å². The van der Waals surface area contributed by atoms with Crippen LogP contribution in [0.15, 0.2) is 85.1 Å². The lowest BCUT2D eigenvalue weighted by Crippen LogP contribution is -2.36. The van der Waals surface area contributed by atoms with Gasteiger partial charge < -0.3 is 0 Å². The van der Waals surface area contributed by atoms with Crippen molar-refractivity contribution in [1.29, 1.82) is 0 Å². The Balaban J connectivity index is 1.43. The maximum absolute atomic E-state index is 16.0. The minimum atomic E-state index is -5.03. The fourth-order valence-electron chi connectivity index (χ4n) is 7.74. The van der Waals surface area contributed by atoms with Crippen molar-refractivity contribution >= 4 is 39.4 Å². The number of aryl methyl sites for hydroxylation is 2. The summed E-state index contributed by atoms with van der Waals surface area (Å²) in [6.07, 6.45) is -7.11. The molecule has 0 atom stereocenters. The van der Waals surface area contributed by atoms with Crippen LogP contribution in [-0.2, 0) is 48.3 Å². The zero-order chi connectivity index (χ0) is 39.6. The maximum atomic E-state index is 16.0. The quantitative estimate of drug-likeness (QED) is 0.0869. The number of carbonyl (C=O) groups excluding carboxylic acids is 1. The van der Waals surface area contributed by atoms with Crippen LogP contribution in [0.2, 0.25) is 0 Å². The highest BCUT2D eigenvalue weighted by atomic mass is 127. The molecule has 13 heteroatoms. The highest BCUT2D eigenvalue weighted by Crippen LogP contribution is 2.48. The standard InChI is InChI=1S/C42H36F7IN4O/c1-5-24-11-9-12-25(6-2)35(24)54-36(30-16-17-34(43)37-31(30)18-19-53(37)39(55)29-13-8-7-10-26(29)21-50)32-23-52(40(3,4)38(32)51-54)22-27-14-15-28(41(44,45)46)20-33(27)42(47,48)49/h7-20H,5-6,21-23H2,1-4H3. The van der Waals surface area contributed by atoms with Crippen molar-refractivity contribution in [2.24, 2.45) is 0 Å². The minimum absolute atomic E-state index is 0.0699. The number of nitrogens with zero attached hydrogens (tertiary/aromatic N) is 4. The molecular formula is C42H36F7IN4O. The van der Waals surface area contributed by atoms with Crippen LogP contribution in [0.1, 0.15) is 82.7 Å². The van der Waals surface area contributed by atoms with E-state index >= 15 is 4.39 Å². The zero-order valence-electron chi connectivity index (χ0n) is 30.3. The van der Waals surface area contributed by atoms with Crippen molar-refractivity contribution in [3.8, 4) is 16.9 Å². The van der Waals surface area contributed by atoms with Crippen molar-refractivity contribution in [3.63, 3.8) is 0 Å². The Morgan fingerprint density at radius 1 is 0.836 bits per heavy atom. The van der Waals surface area contributed by atoms with Gasteiger partial charge in [-0.1, -0.05) is 78.9 Å². The largest absolute Gasteiger partial charge is 0.416 e. The summed E-state index contributed by atoms with van der Waals surface area (Å²) in [6, 6.07) is 19.5. The van der Waals surface area contributed by atoms with Gasteiger partial charge in [-0.3, -0.25) is 14.3 Å². The van der Waals surface area contributed by atoms with E-state index < -0.39 is 40.7 Å². The van der Waals surface area contributed by atoms with Gasteiger partial charge in [0.05, 0.1) is 39.3 Å². The van der Waals surface area contributed by atoms with E-state index in [-0.39, 0.29) is 30.2 Å². The van der Waals surface area contributed by atoms with E-state index in [0.717, 1.165) is 28.4 Å². The maximum Gasteiger partial charge on any atom is 0.416 e. The van der Waals surface area contributed by atoms with E-state index in [2.05, 4.69) is 22.6 Å². The van der Waals surface area contributed by atoms with Gasteiger partial charge in [-0.25, -0.2) is 9.07 Å². The molecule has 0 saturated carbocycles. The lowest BCUT2D eigenvalue weighted by molar-refractivity contribution is -0.143. The number of carbonyl (C=O) groups is 1. The summed E-state index contributed by atoms with van der Waals surface area (Å²) in [7, 11) is 0. The summed E-state index contributed by atoms with van der Waals surface area (Å²) < 4.78 is 103. The molecule has 0 N–H and O–H groups in total. The topological polar surface area (TPSA) is 43.1 Å². The van der Waals surface area contributed by atoms with Gasteiger partial charge in [0.15, 0.2) is 0 Å². The summed E-state index contributed by atoms with van der Waals surface area (Å²) >= 11 is 2.18. The SMILES string of the molecule is CCc1cccc(CC)c1-n1nc2c(c1-c1ccc(F)c3c1ccn3C(=O)c1ccccc1CI)CN(Cc1ccc(C(F)(F)F)cc1C(F)(F)F)C2(C)C. The number of alkyl halides is 7. The third kappa shape index (κ3) is 6.66. The molecule has 0 bridgehead atoms. The second kappa shape index (κ2) is 14.2. The highest BCUT2D eigenvalue weighted by molar-refractivity contribution is 14.1. The van der Waals surface area contributed by atoms with Gasteiger partial charge >= 0.3 is 12.4 Å². The molecule has 5 nitrogen and oxygen atoms in total. The average Bonchev–Trinajstić information content (AvgIpc) is 3.83. The number of halogens is 8. The molecule has 3 heterocycles. The second-order valence-electron chi connectivity index (χ2n) is 14.1. The van der Waals surface area contributed by atoms with Crippen LogP contribution in [0, 0.1) is 5.82 Å². The fourth-order valence-corrected chi connectivity index (χ4v) is 8.40. The van der Waals surface area contributed by atoms with E-state index in [1.807, 2.05) is 62.7 Å². The van der Waals surface area contributed by atoms with Gasteiger partial charge in [0.1, 0.15) is 5.82 Å². The molecule has 0 amide bonds. The van der Waals surface area contributed by atoms with Gasteiger partial charge in [0.25, 0.3) is 5.91 Å². The van der Waals surface area contributed by atoms with Crippen molar-refractivity contribution in [2.75, 3.05) is 0 Å². The number of aromatic nitrogens is 3. The monoisotopic (exact) mass is 872 g/mol. The summed E-state index contributed by atoms with van der Waals surface area (Å²) in [4.78, 5) is 15.8. The first-order chi connectivity index (χ1) is 26.0. The molecule has 0 aliphatic carbocycles. The summed E-state index contributed by atoms with van der Waals surface area (Å²) in [5.74, 6) is -1.01. The van der Waals surface area contributed by atoms with Crippen molar-refractivity contribution in [2.45, 2.75) is 75.9 Å². The van der Waals surface area contributed by atoms with Crippen LogP contribution in [-0.4, -0.2) is 25.2 Å². The Morgan fingerprint density at radius 3 is 2.15 bits per heavy atom. The number of hydrogen-bond donors (Lipinski definition) is 0. The van der Waals surface area contributed by atoms with Crippen LogP contribution in [0.4, 0.5) is 30.7 Å². The smallest absolute Gasteiger partial charge is 0.284 e. The molecule has 1 aliphatic heterocycles. The molecule has 2 aromatic heterocycles. The Bertz CT molecular complexity index is 2440. The third-order valence-electron chi connectivity index (χ3n) is 10.6. The average molecular weight is 873 g/mol. The van der Waals surface area contributed by atoms with Gasteiger partial charge in [-0.15, -0.1) is 0 Å². The molecule has 7 rings (SSSR count). The first-order valence-corrected chi connectivity index (χ1v) is 19.3. The molecule has 55 heavy (non-hydrogen) atoms. The number of para-hydroxylation sites is 1. The highest BCUT2D eigenvalue weighted by Gasteiger charge is 2.45. The fraction of sp³-hybridized carbons (Fsp3) is 0.286. The molecule has 4 aromatic carbocycles. The van der Waals surface area contributed by atoms with E-state index in [1.54, 1.807) is 35.4 Å². The molecule has 6 aromatic rings. The number of benzene rings is 4. The van der Waals surface area contributed by atoms with Crippen LogP contribution >= 0.6 is 22.6 Å². The Morgan fingerprint density at radius 2 is 1.51 bits per heavy atom. The number of hydrogen-bond acceptors (Lipinski definition) is 3. The Labute approximate surface area is 326 Å². The first-order valence-electron chi connectivity index (χ1n) is 17.8. The molecule has 1 aliphatic rings. The van der Waals surface area contributed by atoms with Gasteiger partial charge in [-0.2, -0.15) is 31.4 Å². The predicted octanol–water partition coefficient (Wildman–Crippen LogP) is 11.7. The molecule has 0 radical (unpaired) electrons. The zero-order valence-corrected chi connectivity index (χ0v) is 32.5. The molecular weight excluding hydrogens is 836 g/mol. The normalized spacial score (nSPS) is 14.5. The van der Waals surface area contributed by atoms with Gasteiger partial charge in [0.2, 0.25) is 0 Å². The molecule has 0 fully saturated rings. The van der Waals surface area contributed by atoms with Crippen molar-refractivity contribution in [3.05, 3.63) is 141 Å². The Hall–Kier alpha value is -4.50. The third-order valence-corrected chi connectivity index (χ3v) is 11.5. The number of rotatable bonds is 8. The van der Waals surface area contributed by atoms with E-state index in [1.165, 1.54) is 10.6 Å². The molecule has 0 saturated heterocycles. The van der Waals surface area contributed by atoms with E-state index in [0.29, 0.717) is 56.8 Å². The van der Waals surface area contributed by atoms with E-state index in [9.17, 15) is 31.1 Å². The first kappa shape index (κ1) is 38.8. The second-order valence-corrected chi connectivity index (χ2v) is 14.9. The lowest BCUT2D eigenvalue weighted by atomic mass is 9.96. The van der Waals surface area contributed by atoms with Crippen molar-refractivity contribution < 1.29 is 35.5 Å². The van der Waals surface area contributed by atoms with Crippen LogP contribution in [0.5, 0.6) is 0 Å². The van der Waals surface area contributed by atoms with Crippen molar-refractivity contribution in [1.82, 2.24) is 19.2 Å². The predicted molar refractivity (Wildman–Crippen MR) is 206 cm³/mol. The van der Waals surface area contributed by atoms with Crippen LogP contribution < -0.4 is 0 Å². The summed E-state index contributed by atoms with van der Waals surface area (Å²) in [5.41, 5.74) is 2.53. The molecule has 0 spiro atoms. The van der Waals surface area contributed by atoms with E-state index in [4.69, 9.17) is 5.10 Å². The summed E-state index contributed by atoms with van der Waals surface area (Å²) in [5, 5.41) is 5.63. The van der Waals surface area contributed by atoms with Crippen LogP contribution in [0.3, 0.4) is 0 Å². The minimum Gasteiger partial charge on any atom is -0.284 e. The molecule has 286 valence electrons. The Kier molecular flexibility index (Phi) is 10.0. The number of fused-ring (bicyclic) bond motifs is 2.